The molecule has 568 valence electrons. The van der Waals surface area contributed by atoms with E-state index in [4.69, 9.17) is 97.4 Å². The SMILES string of the molecule is C[C@](N)(CO)C(=O)O.Cc1c(COc2cc(OCc3cncc(C#N)c3)c(C=O)cc2Cl)cccc1-c1cccc(OCCCN2CC[C@@H](O)C2)c1Cl.Cc1c(COc2cc(OCc3cncc(C#N)c3)c(CN[C@@](C)(CO)C(=O)O)cc2Cl)cccc1-c1cccc(OCCCN2CC[C@@H](O)C2)c1Cl.[2H]CF. The Balaban J connectivity index is 0.000000266. The zero-order chi connectivity index (χ0) is 78.5. The van der Waals surface area contributed by atoms with E-state index >= 15 is 0 Å². The van der Waals surface area contributed by atoms with Gasteiger partial charge in [-0.25, -0.2) is 0 Å². The number of rotatable bonds is 32. The Bertz CT molecular complexity index is 4440. The number of nitrogens with one attached hydrogen (secondary N) is 1. The van der Waals surface area contributed by atoms with E-state index in [-0.39, 0.29) is 60.8 Å². The van der Waals surface area contributed by atoms with Gasteiger partial charge in [0.05, 0.1) is 83.9 Å². The maximum Gasteiger partial charge on any atom is 0.326 e. The first-order chi connectivity index (χ1) is 51.8. The molecular formula is C79H87Cl4FN8O15. The van der Waals surface area contributed by atoms with Gasteiger partial charge in [0.25, 0.3) is 0 Å². The smallest absolute Gasteiger partial charge is 0.326 e. The van der Waals surface area contributed by atoms with Crippen molar-refractivity contribution < 1.29 is 79.2 Å². The number of aliphatic carboxylic acids is 2. The summed E-state index contributed by atoms with van der Waals surface area (Å²) in [6.45, 7) is 12.0. The van der Waals surface area contributed by atoms with Crippen LogP contribution in [0.25, 0.3) is 22.3 Å². The first-order valence-corrected chi connectivity index (χ1v) is 35.5. The molecule has 0 spiro atoms. The highest BCUT2D eigenvalue weighted by atomic mass is 35.5. The van der Waals surface area contributed by atoms with Crippen LogP contribution in [-0.2, 0) is 42.6 Å². The molecule has 4 heterocycles. The second-order valence-corrected chi connectivity index (χ2v) is 27.3. The van der Waals surface area contributed by atoms with E-state index in [9.17, 15) is 44.5 Å². The van der Waals surface area contributed by atoms with Gasteiger partial charge in [0.2, 0.25) is 0 Å². The molecule has 2 aliphatic rings. The molecule has 0 radical (unpaired) electrons. The fourth-order valence-corrected chi connectivity index (χ4v) is 12.2. The summed E-state index contributed by atoms with van der Waals surface area (Å²) in [5, 5.41) is 78.2. The van der Waals surface area contributed by atoms with Crippen molar-refractivity contribution in [2.75, 3.05) is 72.8 Å². The standard InChI is InChI=1S/C39H42Cl2N4O7.C35H33Cl2N3O5.C4H9NO3.CH3F/c1-25-28(6-3-7-31(25)32-8-4-9-34(37(32)41)50-13-5-11-45-12-10-30(47)21-45)23-52-36-16-35(51-22-27-14-26(17-42)18-43-19-27)29(15-33(36)40)20-44-39(2,24-46)38(48)49;1-23-26(22-45-34-15-33(27(20-41)14-31(34)36)44-21-25-13-24(16-38)17-39-18-25)5-2-6-29(23)30-7-3-8-32(35(30)37)43-12-4-10-40-11-9-28(42)19-40;1-4(5,2-6)3(7)8;1-2/h3-4,6-9,14-16,18-19,30,44,46-47H,5,10-13,20-24H2,1-2H3,(H,48,49);2-3,5-8,13-15,17-18,20,28,42H,4,9-12,19,21-22H2,1H3;6H,2,5H2,1H3,(H,7,8);1H3/t30-,39+;28-;4-;/m110./s1/i;;;1D. The van der Waals surface area contributed by atoms with Crippen molar-refractivity contribution in [3.63, 3.8) is 0 Å². The van der Waals surface area contributed by atoms with Crippen LogP contribution in [-0.4, -0.2) is 165 Å². The third-order valence-corrected chi connectivity index (χ3v) is 19.0. The zero-order valence-electron chi connectivity index (χ0n) is 60.6. The van der Waals surface area contributed by atoms with Crippen LogP contribution in [0.4, 0.5) is 4.39 Å². The molecule has 0 unspecified atom stereocenters. The topological polar surface area (TPSA) is 346 Å². The number of carbonyl (C=O) groups excluding carboxylic acids is 1. The number of aldehydes is 1. The number of ether oxygens (including phenoxy) is 6. The highest BCUT2D eigenvalue weighted by molar-refractivity contribution is 6.35. The number of nitrogens with two attached hydrogens (primary N) is 1. The molecule has 10 rings (SSSR count). The number of β-amino-alcohol motifs (C(OH)–C–C–N with tert-alkyl or cyclic N) is 2. The zero-order valence-corrected chi connectivity index (χ0v) is 62.6. The monoisotopic (exact) mass is 1550 g/mol. The molecule has 4 atom stereocenters. The summed E-state index contributed by atoms with van der Waals surface area (Å²) in [6, 6.07) is 37.1. The number of carbonyl (C=O) groups is 3. The quantitative estimate of drug-likeness (QED) is 0.0143. The minimum absolute atomic E-state index is 0.0163. The largest absolute Gasteiger partial charge is 0.492 e. The lowest BCUT2D eigenvalue weighted by Gasteiger charge is -2.25. The van der Waals surface area contributed by atoms with Gasteiger partial charge in [-0.05, 0) is 123 Å². The van der Waals surface area contributed by atoms with Crippen LogP contribution in [0, 0.1) is 36.5 Å². The van der Waals surface area contributed by atoms with Crippen molar-refractivity contribution in [2.45, 2.75) is 110 Å². The average Bonchev–Trinajstić information content (AvgIpc) is 1.05. The van der Waals surface area contributed by atoms with E-state index in [0.29, 0.717) is 98.4 Å². The Labute approximate surface area is 642 Å². The van der Waals surface area contributed by atoms with Crippen molar-refractivity contribution in [1.29, 1.82) is 10.5 Å². The average molecular weight is 1550 g/mol. The predicted octanol–water partition coefficient (Wildman–Crippen LogP) is 12.6. The molecule has 2 fully saturated rings. The molecule has 9 N–H and O–H groups in total. The Morgan fingerprint density at radius 2 is 1.06 bits per heavy atom. The summed E-state index contributed by atoms with van der Waals surface area (Å²) >= 11 is 26.9. The number of alkyl halides is 1. The Kier molecular flexibility index (Phi) is 32.6. The van der Waals surface area contributed by atoms with Crippen LogP contribution in [0.5, 0.6) is 34.5 Å². The molecule has 0 bridgehead atoms. The van der Waals surface area contributed by atoms with Gasteiger partial charge in [0, 0.05) is 111 Å². The van der Waals surface area contributed by atoms with E-state index in [2.05, 4.69) is 31.2 Å². The van der Waals surface area contributed by atoms with Gasteiger partial charge in [0.15, 0.2) is 6.29 Å². The van der Waals surface area contributed by atoms with Crippen LogP contribution in [0.15, 0.2) is 134 Å². The number of benzene rings is 6. The maximum atomic E-state index is 11.8. The number of nitrogens with zero attached hydrogens (tertiary/aromatic N) is 6. The number of hydrogen-bond donors (Lipinski definition) is 8. The lowest BCUT2D eigenvalue weighted by atomic mass is 9.96. The molecule has 8 aromatic rings. The summed E-state index contributed by atoms with van der Waals surface area (Å²) in [5.41, 5.74) is 12.2. The molecule has 0 saturated carbocycles. The van der Waals surface area contributed by atoms with Gasteiger partial charge >= 0.3 is 11.9 Å². The van der Waals surface area contributed by atoms with Crippen LogP contribution in [0.3, 0.4) is 0 Å². The fraction of sp³-hybridized carbons (Fsp3) is 0.354. The van der Waals surface area contributed by atoms with Gasteiger partial charge in [-0.1, -0.05) is 107 Å². The van der Waals surface area contributed by atoms with Crippen LogP contribution in [0.1, 0.15) is 101 Å². The lowest BCUT2D eigenvalue weighted by Crippen LogP contribution is -2.52. The number of aliphatic hydroxyl groups excluding tert-OH is 4. The molecule has 2 aromatic heterocycles. The highest BCUT2D eigenvalue weighted by Crippen LogP contribution is 2.41. The van der Waals surface area contributed by atoms with E-state index in [1.54, 1.807) is 42.7 Å². The minimum Gasteiger partial charge on any atom is -0.492 e. The summed E-state index contributed by atoms with van der Waals surface area (Å²) < 4.78 is 52.0. The Hall–Kier alpha value is -9.22. The third kappa shape index (κ3) is 24.4. The number of carboxylic acids is 2. The number of aromatic nitrogens is 2. The van der Waals surface area contributed by atoms with Gasteiger partial charge in [-0.3, -0.25) is 34.1 Å². The molecule has 6 aromatic carbocycles. The molecule has 107 heavy (non-hydrogen) atoms. The number of pyridine rings is 2. The molecule has 0 amide bonds. The Morgan fingerprint density at radius 1 is 0.617 bits per heavy atom. The van der Waals surface area contributed by atoms with Gasteiger partial charge < -0.3 is 74.6 Å². The second kappa shape index (κ2) is 41.8. The normalized spacial score (nSPS) is 15.2. The van der Waals surface area contributed by atoms with Crippen molar-refractivity contribution in [2.24, 2.45) is 5.73 Å². The number of hydrogen-bond acceptors (Lipinski definition) is 21. The fourth-order valence-electron chi connectivity index (χ4n) is 11.2. The van der Waals surface area contributed by atoms with E-state index < -0.39 is 43.4 Å². The second-order valence-electron chi connectivity index (χ2n) is 25.7. The third-order valence-electron chi connectivity index (χ3n) is 17.6. The van der Waals surface area contributed by atoms with E-state index in [1.165, 1.54) is 32.3 Å². The number of halogens is 5. The first kappa shape index (κ1) is 83.4. The molecular weight excluding hydrogens is 1460 g/mol. The number of nitriles is 2. The minimum atomic E-state index is -1.60. The number of likely N-dealkylation sites (tertiary alicyclic amines) is 2. The van der Waals surface area contributed by atoms with E-state index in [0.717, 1.165) is 103 Å². The van der Waals surface area contributed by atoms with Crippen molar-refractivity contribution in [3.8, 4) is 68.9 Å². The first-order valence-electron chi connectivity index (χ1n) is 34.7. The predicted molar refractivity (Wildman–Crippen MR) is 405 cm³/mol. The molecule has 0 aliphatic carbocycles. The highest BCUT2D eigenvalue weighted by Gasteiger charge is 2.33. The van der Waals surface area contributed by atoms with Gasteiger partial charge in [0.1, 0.15) is 84.1 Å². The molecule has 2 saturated heterocycles. The summed E-state index contributed by atoms with van der Waals surface area (Å²) in [6.07, 6.45) is 9.61. The van der Waals surface area contributed by atoms with E-state index in [1.807, 2.05) is 92.7 Å². The number of aliphatic hydroxyl groups is 4. The van der Waals surface area contributed by atoms with Gasteiger partial charge in [-0.2, -0.15) is 10.5 Å². The van der Waals surface area contributed by atoms with Crippen LogP contribution >= 0.6 is 46.4 Å². The molecule has 28 heteroatoms. The van der Waals surface area contributed by atoms with Gasteiger partial charge in [-0.15, -0.1) is 0 Å². The Morgan fingerprint density at radius 3 is 1.47 bits per heavy atom. The summed E-state index contributed by atoms with van der Waals surface area (Å²) in [4.78, 5) is 46.1. The van der Waals surface area contributed by atoms with Crippen LogP contribution < -0.4 is 39.5 Å². The van der Waals surface area contributed by atoms with Crippen molar-refractivity contribution in [1.82, 2.24) is 25.1 Å². The molecule has 2 aliphatic heterocycles. The summed E-state index contributed by atoms with van der Waals surface area (Å²) in [7, 11) is -1.00. The maximum absolute atomic E-state index is 11.8. The molecule has 23 nitrogen and oxygen atoms in total. The van der Waals surface area contributed by atoms with Crippen molar-refractivity contribution >= 4 is 64.6 Å². The van der Waals surface area contributed by atoms with Crippen LogP contribution in [0.2, 0.25) is 20.1 Å². The lowest BCUT2D eigenvalue weighted by molar-refractivity contribution is -0.146. The van der Waals surface area contributed by atoms with Crippen molar-refractivity contribution in [3.05, 3.63) is 210 Å². The number of carboxylic acid groups (broad SMARTS) is 2. The summed E-state index contributed by atoms with van der Waals surface area (Å²) in [5.74, 6) is 0.203.